The van der Waals surface area contributed by atoms with Gasteiger partial charge in [0, 0.05) is 29.4 Å². The van der Waals surface area contributed by atoms with Crippen LogP contribution < -0.4 is 5.32 Å². The molecule has 2 aromatic heterocycles. The number of aromatic nitrogens is 3. The second kappa shape index (κ2) is 10.1. The molecule has 7 nitrogen and oxygen atoms in total. The molecule has 1 amide bonds. The summed E-state index contributed by atoms with van der Waals surface area (Å²) < 4.78 is 28.5. The number of aliphatic hydroxyl groups is 1. The molecule has 0 aliphatic carbocycles. The van der Waals surface area contributed by atoms with E-state index in [2.05, 4.69) is 20.5 Å². The van der Waals surface area contributed by atoms with Crippen molar-refractivity contribution in [2.24, 2.45) is 0 Å². The van der Waals surface area contributed by atoms with Gasteiger partial charge in [-0.2, -0.15) is 5.10 Å². The molecule has 0 unspecified atom stereocenters. The number of benzene rings is 2. The van der Waals surface area contributed by atoms with Crippen molar-refractivity contribution < 1.29 is 23.5 Å². The van der Waals surface area contributed by atoms with Gasteiger partial charge in [-0.3, -0.25) is 19.7 Å². The van der Waals surface area contributed by atoms with Crippen LogP contribution in [0.1, 0.15) is 26.4 Å². The molecule has 2 aromatic carbocycles. The number of halogens is 2. The maximum atomic E-state index is 14.9. The van der Waals surface area contributed by atoms with Crippen molar-refractivity contribution >= 4 is 12.2 Å². The van der Waals surface area contributed by atoms with Crippen LogP contribution in [-0.4, -0.2) is 45.1 Å². The van der Waals surface area contributed by atoms with Crippen molar-refractivity contribution in [1.82, 2.24) is 20.5 Å². The molecule has 0 bridgehead atoms. The third kappa shape index (κ3) is 4.89. The largest absolute Gasteiger partial charge is 0.394 e. The summed E-state index contributed by atoms with van der Waals surface area (Å²) in [6.07, 6.45) is 2.31. The van der Waals surface area contributed by atoms with Crippen LogP contribution in [0.25, 0.3) is 22.5 Å². The Labute approximate surface area is 193 Å². The summed E-state index contributed by atoms with van der Waals surface area (Å²) in [4.78, 5) is 28.3. The summed E-state index contributed by atoms with van der Waals surface area (Å²) in [5.41, 5.74) is 1.61. The zero-order valence-corrected chi connectivity index (χ0v) is 17.8. The van der Waals surface area contributed by atoms with Crippen molar-refractivity contribution in [3.05, 3.63) is 95.3 Å². The van der Waals surface area contributed by atoms with Gasteiger partial charge in [-0.05, 0) is 48.5 Å². The lowest BCUT2D eigenvalue weighted by Gasteiger charge is -2.17. The van der Waals surface area contributed by atoms with Gasteiger partial charge in [0.05, 0.1) is 35.2 Å². The number of carbonyl (C=O) groups excluding carboxylic acids is 2. The summed E-state index contributed by atoms with van der Waals surface area (Å²) >= 11 is 0. The normalized spacial score (nSPS) is 11.7. The number of aliphatic hydroxyl groups excluding tert-OH is 1. The van der Waals surface area contributed by atoms with Crippen molar-refractivity contribution in [2.45, 2.75) is 12.5 Å². The van der Waals surface area contributed by atoms with Gasteiger partial charge in [-0.25, -0.2) is 8.78 Å². The number of hydrogen-bond donors (Lipinski definition) is 3. The molecule has 3 N–H and O–H groups in total. The summed E-state index contributed by atoms with van der Waals surface area (Å²) in [5.74, 6) is -1.89. The summed E-state index contributed by atoms with van der Waals surface area (Å²) in [6.45, 7) is -0.329. The van der Waals surface area contributed by atoms with Gasteiger partial charge in [0.2, 0.25) is 0 Å². The number of carbonyl (C=O) groups is 2. The van der Waals surface area contributed by atoms with E-state index >= 15 is 0 Å². The van der Waals surface area contributed by atoms with E-state index in [-0.39, 0.29) is 29.0 Å². The molecule has 9 heteroatoms. The number of nitrogens with one attached hydrogen (secondary N) is 2. The smallest absolute Gasteiger partial charge is 0.252 e. The third-order valence-corrected chi connectivity index (χ3v) is 5.26. The van der Waals surface area contributed by atoms with E-state index in [0.717, 1.165) is 6.07 Å². The van der Waals surface area contributed by atoms with Gasteiger partial charge < -0.3 is 10.4 Å². The molecule has 4 aromatic rings. The van der Waals surface area contributed by atoms with Crippen LogP contribution in [0.15, 0.2) is 66.9 Å². The van der Waals surface area contributed by atoms with Crippen LogP contribution in [0.4, 0.5) is 8.78 Å². The summed E-state index contributed by atoms with van der Waals surface area (Å²) in [7, 11) is 0. The van der Waals surface area contributed by atoms with Gasteiger partial charge in [0.25, 0.3) is 5.91 Å². The highest BCUT2D eigenvalue weighted by atomic mass is 19.1. The van der Waals surface area contributed by atoms with Gasteiger partial charge in [-0.15, -0.1) is 0 Å². The van der Waals surface area contributed by atoms with E-state index in [4.69, 9.17) is 0 Å². The number of nitrogens with zero attached hydrogens (tertiary/aromatic N) is 2. The molecule has 4 rings (SSSR count). The van der Waals surface area contributed by atoms with Gasteiger partial charge in [-0.1, -0.05) is 12.1 Å². The Morgan fingerprint density at radius 2 is 1.94 bits per heavy atom. The molecule has 34 heavy (non-hydrogen) atoms. The van der Waals surface area contributed by atoms with E-state index in [9.17, 15) is 23.5 Å². The Morgan fingerprint density at radius 3 is 2.68 bits per heavy atom. The molecular weight excluding hydrogens is 442 g/mol. The highest BCUT2D eigenvalue weighted by Gasteiger charge is 2.22. The lowest BCUT2D eigenvalue weighted by Crippen LogP contribution is -2.39. The van der Waals surface area contributed by atoms with E-state index in [1.165, 1.54) is 36.4 Å². The zero-order valence-electron chi connectivity index (χ0n) is 17.8. The third-order valence-electron chi connectivity index (χ3n) is 5.26. The average Bonchev–Trinajstić information content (AvgIpc) is 3.34. The van der Waals surface area contributed by atoms with Crippen molar-refractivity contribution in [2.75, 3.05) is 6.61 Å². The first-order valence-corrected chi connectivity index (χ1v) is 10.4. The number of pyridine rings is 1. The highest BCUT2D eigenvalue weighted by Crippen LogP contribution is 2.29. The van der Waals surface area contributed by atoms with Crippen LogP contribution in [0.5, 0.6) is 0 Å². The molecular formula is C25H20F2N4O3. The molecule has 0 fully saturated rings. The summed E-state index contributed by atoms with van der Waals surface area (Å²) in [6, 6.07) is 14.2. The van der Waals surface area contributed by atoms with Gasteiger partial charge in [0.1, 0.15) is 11.6 Å². The predicted octanol–water partition coefficient (Wildman–Crippen LogP) is 3.56. The van der Waals surface area contributed by atoms with Crippen molar-refractivity contribution in [3.8, 4) is 22.5 Å². The monoisotopic (exact) mass is 462 g/mol. The van der Waals surface area contributed by atoms with E-state index in [1.807, 2.05) is 0 Å². The highest BCUT2D eigenvalue weighted by molar-refractivity contribution is 6.01. The van der Waals surface area contributed by atoms with E-state index < -0.39 is 23.6 Å². The fourth-order valence-corrected chi connectivity index (χ4v) is 3.57. The minimum absolute atomic E-state index is 0.00833. The number of rotatable bonds is 8. The fourth-order valence-electron chi connectivity index (χ4n) is 3.57. The van der Waals surface area contributed by atoms with Crippen LogP contribution in [-0.2, 0) is 6.42 Å². The summed E-state index contributed by atoms with van der Waals surface area (Å²) in [5, 5.41) is 19.3. The second-order valence-electron chi connectivity index (χ2n) is 7.56. The molecule has 172 valence electrons. The van der Waals surface area contributed by atoms with E-state index in [1.54, 1.807) is 24.4 Å². The van der Waals surface area contributed by atoms with Crippen LogP contribution in [0.2, 0.25) is 0 Å². The number of H-pyrrole nitrogens is 1. The maximum absolute atomic E-state index is 14.9. The number of aldehydes is 1. The lowest BCUT2D eigenvalue weighted by molar-refractivity contribution is 0.0916. The fraction of sp³-hybridized carbons (Fsp3) is 0.120. The van der Waals surface area contributed by atoms with Crippen molar-refractivity contribution in [1.29, 1.82) is 0 Å². The average molecular weight is 462 g/mol. The number of amides is 1. The minimum Gasteiger partial charge on any atom is -0.394 e. The molecule has 0 aliphatic rings. The predicted molar refractivity (Wildman–Crippen MR) is 121 cm³/mol. The second-order valence-corrected chi connectivity index (χ2v) is 7.56. The van der Waals surface area contributed by atoms with Crippen LogP contribution in [0, 0.1) is 11.6 Å². The zero-order chi connectivity index (χ0) is 24.1. The Balaban J connectivity index is 1.62. The standard InChI is InChI=1S/C25H20F2N4O3/c26-20-8-7-15(10-16(20)13-32)22-12-23(31-30-22)24-19(5-3-6-21(24)27)25(34)29-18(14-33)11-17-4-1-2-9-28-17/h1-10,12-13,18,33H,11,14H2,(H,29,34)(H,30,31)/t18-/m1/s1. The molecule has 0 aliphatic heterocycles. The molecule has 1 atom stereocenters. The molecule has 2 heterocycles. The Hall–Kier alpha value is -4.24. The van der Waals surface area contributed by atoms with Gasteiger partial charge >= 0.3 is 0 Å². The van der Waals surface area contributed by atoms with Crippen LogP contribution in [0.3, 0.4) is 0 Å². The lowest BCUT2D eigenvalue weighted by atomic mass is 10.0. The van der Waals surface area contributed by atoms with Crippen LogP contribution >= 0.6 is 0 Å². The van der Waals surface area contributed by atoms with Gasteiger partial charge in [0.15, 0.2) is 6.29 Å². The van der Waals surface area contributed by atoms with Crippen molar-refractivity contribution in [3.63, 3.8) is 0 Å². The Morgan fingerprint density at radius 1 is 1.09 bits per heavy atom. The molecule has 0 radical (unpaired) electrons. The molecule has 0 spiro atoms. The quantitative estimate of drug-likeness (QED) is 0.347. The van der Waals surface area contributed by atoms with E-state index in [0.29, 0.717) is 29.7 Å². The maximum Gasteiger partial charge on any atom is 0.252 e. The molecule has 0 saturated heterocycles. The topological polar surface area (TPSA) is 108 Å². The Kier molecular flexibility index (Phi) is 6.84. The minimum atomic E-state index is -0.660. The first-order valence-electron chi connectivity index (χ1n) is 10.4. The Bertz CT molecular complexity index is 1330. The SMILES string of the molecule is O=Cc1cc(-c2cc(-c3c(F)cccc3C(=O)N[C@@H](CO)Cc3ccccn3)[nH]n2)ccc1F. The first-order chi connectivity index (χ1) is 16.5. The number of hydrogen-bond acceptors (Lipinski definition) is 5. The number of aromatic amines is 1. The molecule has 0 saturated carbocycles. The first kappa shape index (κ1) is 22.9.